The number of carbonyl (C=O) groups is 2. The van der Waals surface area contributed by atoms with Crippen LogP contribution in [0, 0.1) is 5.92 Å². The lowest BCUT2D eigenvalue weighted by Gasteiger charge is -2.38. The molecule has 2 amide bonds. The van der Waals surface area contributed by atoms with Gasteiger partial charge in [-0.1, -0.05) is 58.9 Å². The van der Waals surface area contributed by atoms with Gasteiger partial charge in [0.25, 0.3) is 0 Å². The molecule has 1 unspecified atom stereocenters. The molecule has 2 aromatic rings. The molecule has 0 saturated heterocycles. The molecule has 1 atom stereocenters. The van der Waals surface area contributed by atoms with E-state index in [9.17, 15) is 9.59 Å². The summed E-state index contributed by atoms with van der Waals surface area (Å²) in [6, 6.07) is 10.7. The number of amides is 2. The zero-order valence-electron chi connectivity index (χ0n) is 19.9. The Kier molecular flexibility index (Phi) is 6.95. The molecule has 1 aromatic heterocycles. The zero-order valence-corrected chi connectivity index (χ0v) is 20.8. The van der Waals surface area contributed by atoms with Gasteiger partial charge in [-0.05, 0) is 53.8 Å². The van der Waals surface area contributed by atoms with E-state index in [1.165, 1.54) is 16.0 Å². The molecule has 4 nitrogen and oxygen atoms in total. The van der Waals surface area contributed by atoms with Gasteiger partial charge in [-0.15, -0.1) is 11.3 Å². The lowest BCUT2D eigenvalue weighted by Crippen LogP contribution is -2.49. The number of fused-ring (bicyclic) bond motifs is 1. The minimum atomic E-state index is -0.124. The second-order valence-electron chi connectivity index (χ2n) is 10.1. The normalized spacial score (nSPS) is 16.5. The molecular formula is C26H36N2O2S. The Bertz CT molecular complexity index is 922. The maximum atomic E-state index is 13.5. The highest BCUT2D eigenvalue weighted by Gasteiger charge is 2.34. The maximum absolute atomic E-state index is 13.5. The van der Waals surface area contributed by atoms with Gasteiger partial charge in [-0.2, -0.15) is 0 Å². The highest BCUT2D eigenvalue weighted by molar-refractivity contribution is 7.10. The molecular weight excluding hydrogens is 404 g/mol. The molecule has 31 heavy (non-hydrogen) atoms. The third kappa shape index (κ3) is 5.03. The van der Waals surface area contributed by atoms with E-state index in [1.54, 1.807) is 16.2 Å². The summed E-state index contributed by atoms with van der Waals surface area (Å²) in [5.41, 5.74) is 3.72. The highest BCUT2D eigenvalue weighted by Crippen LogP contribution is 2.38. The lowest BCUT2D eigenvalue weighted by molar-refractivity contribution is -0.145. The van der Waals surface area contributed by atoms with Crippen LogP contribution >= 0.6 is 11.3 Å². The van der Waals surface area contributed by atoms with Crippen molar-refractivity contribution in [2.75, 3.05) is 13.1 Å². The predicted molar refractivity (Wildman–Crippen MR) is 128 cm³/mol. The molecule has 1 aromatic carbocycles. The van der Waals surface area contributed by atoms with Gasteiger partial charge < -0.3 is 9.80 Å². The number of hydrogen-bond acceptors (Lipinski definition) is 3. The number of nitrogens with zero attached hydrogens (tertiary/aromatic N) is 2. The van der Waals surface area contributed by atoms with Crippen LogP contribution in [0.25, 0.3) is 0 Å². The SMILES string of the molecule is CC(C)C(=O)N(CC(=O)N1CCc2sccc2C1c1ccc(C(C)(C)C)cc1)C(C)C. The van der Waals surface area contributed by atoms with E-state index in [1.807, 2.05) is 32.6 Å². The summed E-state index contributed by atoms with van der Waals surface area (Å²) in [6.07, 6.45) is 0.870. The van der Waals surface area contributed by atoms with Crippen LogP contribution in [0.4, 0.5) is 0 Å². The molecule has 168 valence electrons. The fraction of sp³-hybridized carbons (Fsp3) is 0.538. The average molecular weight is 441 g/mol. The van der Waals surface area contributed by atoms with Gasteiger partial charge in [0.05, 0.1) is 6.04 Å². The van der Waals surface area contributed by atoms with Crippen molar-refractivity contribution in [1.29, 1.82) is 0 Å². The van der Waals surface area contributed by atoms with Gasteiger partial charge in [0.15, 0.2) is 0 Å². The smallest absolute Gasteiger partial charge is 0.243 e. The molecule has 2 heterocycles. The van der Waals surface area contributed by atoms with Crippen molar-refractivity contribution in [3.63, 3.8) is 0 Å². The van der Waals surface area contributed by atoms with Crippen molar-refractivity contribution in [3.05, 3.63) is 57.3 Å². The van der Waals surface area contributed by atoms with Gasteiger partial charge in [-0.25, -0.2) is 0 Å². The van der Waals surface area contributed by atoms with E-state index in [-0.39, 0.29) is 41.8 Å². The Labute approximate surface area is 191 Å². The number of thiophene rings is 1. The summed E-state index contributed by atoms with van der Waals surface area (Å²) < 4.78 is 0. The molecule has 5 heteroatoms. The predicted octanol–water partition coefficient (Wildman–Crippen LogP) is 5.41. The van der Waals surface area contributed by atoms with Gasteiger partial charge in [0, 0.05) is 23.4 Å². The van der Waals surface area contributed by atoms with Crippen molar-refractivity contribution in [2.45, 2.75) is 72.4 Å². The second kappa shape index (κ2) is 9.15. The van der Waals surface area contributed by atoms with E-state index < -0.39 is 0 Å². The molecule has 0 fully saturated rings. The molecule has 1 aliphatic rings. The quantitative estimate of drug-likeness (QED) is 0.623. The Morgan fingerprint density at radius 1 is 1.10 bits per heavy atom. The topological polar surface area (TPSA) is 40.6 Å². The minimum Gasteiger partial charge on any atom is -0.331 e. The molecule has 3 rings (SSSR count). The van der Waals surface area contributed by atoms with Crippen molar-refractivity contribution in [3.8, 4) is 0 Å². The molecule has 0 saturated carbocycles. The standard InChI is InChI=1S/C26H36N2O2S/c1-17(2)25(30)28(18(3)4)16-23(29)27-14-12-22-21(13-15-31-22)24(27)19-8-10-20(11-9-19)26(5,6)7/h8-11,13,15,17-18,24H,12,14,16H2,1-7H3. The Hall–Kier alpha value is -2.14. The van der Waals surface area contributed by atoms with Crippen molar-refractivity contribution >= 4 is 23.2 Å². The summed E-state index contributed by atoms with van der Waals surface area (Å²) in [7, 11) is 0. The molecule has 0 bridgehead atoms. The fourth-order valence-electron chi connectivity index (χ4n) is 4.19. The van der Waals surface area contributed by atoms with Crippen LogP contribution in [0.2, 0.25) is 0 Å². The van der Waals surface area contributed by atoms with Crippen molar-refractivity contribution in [2.24, 2.45) is 5.92 Å². The number of benzene rings is 1. The monoisotopic (exact) mass is 440 g/mol. The molecule has 1 aliphatic heterocycles. The van der Waals surface area contributed by atoms with Crippen LogP contribution in [-0.2, 0) is 21.4 Å². The largest absolute Gasteiger partial charge is 0.331 e. The highest BCUT2D eigenvalue weighted by atomic mass is 32.1. The first-order valence-electron chi connectivity index (χ1n) is 11.3. The maximum Gasteiger partial charge on any atom is 0.243 e. The first-order chi connectivity index (χ1) is 14.5. The van der Waals surface area contributed by atoms with Crippen molar-refractivity contribution in [1.82, 2.24) is 9.80 Å². The molecule has 0 aliphatic carbocycles. The van der Waals surface area contributed by atoms with E-state index >= 15 is 0 Å². The van der Waals surface area contributed by atoms with E-state index in [0.29, 0.717) is 6.54 Å². The van der Waals surface area contributed by atoms with Gasteiger partial charge in [0.1, 0.15) is 6.54 Å². The minimum absolute atomic E-state index is 0.00938. The van der Waals surface area contributed by atoms with E-state index in [4.69, 9.17) is 0 Å². The van der Waals surface area contributed by atoms with Gasteiger partial charge in [0.2, 0.25) is 11.8 Å². The first-order valence-corrected chi connectivity index (χ1v) is 12.1. The average Bonchev–Trinajstić information content (AvgIpc) is 3.18. The number of carbonyl (C=O) groups excluding carboxylic acids is 2. The third-order valence-corrected chi connectivity index (χ3v) is 7.08. The number of rotatable bonds is 5. The first kappa shape index (κ1) is 23.5. The summed E-state index contributed by atoms with van der Waals surface area (Å²) in [5, 5.41) is 2.12. The summed E-state index contributed by atoms with van der Waals surface area (Å²) in [5.74, 6) is -0.0760. The van der Waals surface area contributed by atoms with Crippen LogP contribution < -0.4 is 0 Å². The fourth-order valence-corrected chi connectivity index (χ4v) is 5.10. The van der Waals surface area contributed by atoms with Gasteiger partial charge >= 0.3 is 0 Å². The van der Waals surface area contributed by atoms with E-state index in [0.717, 1.165) is 12.0 Å². The number of hydrogen-bond donors (Lipinski definition) is 0. The summed E-state index contributed by atoms with van der Waals surface area (Å²) in [4.78, 5) is 31.3. The Morgan fingerprint density at radius 3 is 2.29 bits per heavy atom. The lowest BCUT2D eigenvalue weighted by atomic mass is 9.85. The van der Waals surface area contributed by atoms with Crippen LogP contribution in [0.15, 0.2) is 35.7 Å². The molecule has 0 N–H and O–H groups in total. The molecule has 0 radical (unpaired) electrons. The Balaban J connectivity index is 1.93. The Morgan fingerprint density at radius 2 is 1.74 bits per heavy atom. The van der Waals surface area contributed by atoms with Crippen LogP contribution in [0.3, 0.4) is 0 Å². The molecule has 0 spiro atoms. The third-order valence-electron chi connectivity index (χ3n) is 6.08. The van der Waals surface area contributed by atoms with Crippen LogP contribution in [0.5, 0.6) is 0 Å². The van der Waals surface area contributed by atoms with Gasteiger partial charge in [-0.3, -0.25) is 9.59 Å². The summed E-state index contributed by atoms with van der Waals surface area (Å²) >= 11 is 1.77. The van der Waals surface area contributed by atoms with E-state index in [2.05, 4.69) is 56.5 Å². The van der Waals surface area contributed by atoms with Crippen molar-refractivity contribution < 1.29 is 9.59 Å². The van der Waals surface area contributed by atoms with Crippen LogP contribution in [-0.4, -0.2) is 40.7 Å². The van der Waals surface area contributed by atoms with Crippen LogP contribution in [0.1, 0.15) is 76.1 Å². The zero-order chi connectivity index (χ0) is 22.9. The summed E-state index contributed by atoms with van der Waals surface area (Å²) in [6.45, 7) is 15.2. The second-order valence-corrected chi connectivity index (χ2v) is 11.1.